The van der Waals surface area contributed by atoms with Gasteiger partial charge in [-0.15, -0.1) is 0 Å². The zero-order valence-corrected chi connectivity index (χ0v) is 12.6. The highest BCUT2D eigenvalue weighted by Crippen LogP contribution is 2.24. The molecule has 3 aromatic rings. The average molecular weight is 327 g/mol. The molecule has 9 nitrogen and oxygen atoms in total. The van der Waals surface area contributed by atoms with Gasteiger partial charge in [-0.05, 0) is 30.3 Å². The van der Waals surface area contributed by atoms with E-state index in [9.17, 15) is 14.7 Å². The van der Waals surface area contributed by atoms with Crippen LogP contribution in [0.1, 0.15) is 0 Å². The summed E-state index contributed by atoms with van der Waals surface area (Å²) in [5.41, 5.74) is -0.431. The third-order valence-electron chi connectivity index (χ3n) is 3.25. The molecular weight excluding hydrogens is 314 g/mol. The summed E-state index contributed by atoms with van der Waals surface area (Å²) >= 11 is 0. The maximum absolute atomic E-state index is 12.3. The molecule has 1 amide bonds. The fourth-order valence-corrected chi connectivity index (χ4v) is 2.13. The van der Waals surface area contributed by atoms with Gasteiger partial charge in [0.15, 0.2) is 0 Å². The molecule has 0 saturated heterocycles. The van der Waals surface area contributed by atoms with Gasteiger partial charge in [-0.25, -0.2) is 19.4 Å². The second kappa shape index (κ2) is 6.24. The monoisotopic (exact) mass is 327 g/mol. The molecule has 0 radical (unpaired) electrons. The Bertz CT molecular complexity index is 902. The topological polar surface area (TPSA) is 113 Å². The van der Waals surface area contributed by atoms with Crippen LogP contribution in [0.15, 0.2) is 53.7 Å². The van der Waals surface area contributed by atoms with Crippen molar-refractivity contribution >= 4 is 17.5 Å². The van der Waals surface area contributed by atoms with E-state index in [1.165, 1.54) is 36.3 Å². The highest BCUT2D eigenvalue weighted by atomic mass is 16.5. The van der Waals surface area contributed by atoms with Gasteiger partial charge in [0.1, 0.15) is 11.4 Å². The largest absolute Gasteiger partial charge is 0.497 e. The predicted octanol–water partition coefficient (Wildman–Crippen LogP) is 1.78. The summed E-state index contributed by atoms with van der Waals surface area (Å²) in [7, 11) is 1.51. The Morgan fingerprint density at radius 2 is 2.08 bits per heavy atom. The van der Waals surface area contributed by atoms with Crippen LogP contribution in [0.2, 0.25) is 0 Å². The van der Waals surface area contributed by atoms with Crippen molar-refractivity contribution in [2.24, 2.45) is 0 Å². The number of ether oxygens (including phenoxy) is 1. The first-order valence-electron chi connectivity index (χ1n) is 6.86. The number of hydrogen-bond acceptors (Lipinski definition) is 5. The van der Waals surface area contributed by atoms with Crippen LogP contribution in [-0.2, 0) is 0 Å². The molecule has 0 bridgehead atoms. The zero-order chi connectivity index (χ0) is 17.1. The highest BCUT2D eigenvalue weighted by molar-refractivity contribution is 5.94. The van der Waals surface area contributed by atoms with E-state index < -0.39 is 11.7 Å². The van der Waals surface area contributed by atoms with Gasteiger partial charge >= 0.3 is 6.09 Å². The molecule has 2 aromatic heterocycles. The number of carboxylic acid groups (broad SMARTS) is 1. The lowest BCUT2D eigenvalue weighted by Gasteiger charge is -2.18. The summed E-state index contributed by atoms with van der Waals surface area (Å²) in [5, 5.41) is 13.4. The third-order valence-corrected chi connectivity index (χ3v) is 3.25. The number of H-pyrrole nitrogens is 1. The van der Waals surface area contributed by atoms with Crippen LogP contribution in [0.4, 0.5) is 16.2 Å². The lowest BCUT2D eigenvalue weighted by atomic mass is 10.2. The molecule has 0 fully saturated rings. The summed E-state index contributed by atoms with van der Waals surface area (Å²) in [6.45, 7) is 0. The number of carbonyl (C=O) groups is 1. The van der Waals surface area contributed by atoms with Crippen LogP contribution in [0, 0.1) is 0 Å². The van der Waals surface area contributed by atoms with Gasteiger partial charge in [0.05, 0.1) is 19.0 Å². The molecular formula is C15H13N5O4. The summed E-state index contributed by atoms with van der Waals surface area (Å²) in [6, 6.07) is 7.95. The molecule has 0 aliphatic heterocycles. The van der Waals surface area contributed by atoms with Crippen LogP contribution < -0.4 is 15.2 Å². The van der Waals surface area contributed by atoms with Crippen molar-refractivity contribution in [2.75, 3.05) is 12.0 Å². The molecule has 0 atom stereocenters. The van der Waals surface area contributed by atoms with Crippen molar-refractivity contribution in [3.05, 3.63) is 59.3 Å². The lowest BCUT2D eigenvalue weighted by molar-refractivity contribution is 0.204. The van der Waals surface area contributed by atoms with E-state index in [2.05, 4.69) is 15.1 Å². The van der Waals surface area contributed by atoms with Crippen molar-refractivity contribution in [1.82, 2.24) is 19.7 Å². The van der Waals surface area contributed by atoms with Gasteiger partial charge in [0.25, 0.3) is 5.56 Å². The van der Waals surface area contributed by atoms with Crippen LogP contribution >= 0.6 is 0 Å². The minimum absolute atomic E-state index is 0.122. The number of hydrogen-bond donors (Lipinski definition) is 2. The highest BCUT2D eigenvalue weighted by Gasteiger charge is 2.21. The summed E-state index contributed by atoms with van der Waals surface area (Å²) in [4.78, 5) is 31.3. The molecule has 3 rings (SSSR count). The number of benzene rings is 1. The van der Waals surface area contributed by atoms with E-state index in [0.29, 0.717) is 11.4 Å². The second-order valence-electron chi connectivity index (χ2n) is 4.69. The minimum atomic E-state index is -1.31. The molecule has 0 saturated carbocycles. The molecule has 122 valence electrons. The molecule has 0 spiro atoms. The van der Waals surface area contributed by atoms with E-state index in [1.807, 2.05) is 0 Å². The maximum Gasteiger partial charge on any atom is 0.416 e. The van der Waals surface area contributed by atoms with Gasteiger partial charge in [-0.2, -0.15) is 5.10 Å². The summed E-state index contributed by atoms with van der Waals surface area (Å²) in [5.74, 6) is 0.763. The Kier molecular flexibility index (Phi) is 3.98. The Labute approximate surface area is 135 Å². The Morgan fingerprint density at radius 1 is 1.33 bits per heavy atom. The number of nitrogens with one attached hydrogen (secondary N) is 1. The van der Waals surface area contributed by atoms with E-state index in [-0.39, 0.29) is 11.6 Å². The lowest BCUT2D eigenvalue weighted by Crippen LogP contribution is -2.30. The molecule has 1 aromatic carbocycles. The normalized spacial score (nSPS) is 10.4. The van der Waals surface area contributed by atoms with Crippen molar-refractivity contribution in [2.45, 2.75) is 0 Å². The fourth-order valence-electron chi connectivity index (χ4n) is 2.13. The molecule has 0 aliphatic rings. The average Bonchev–Trinajstić information content (AvgIpc) is 3.11. The van der Waals surface area contributed by atoms with Crippen molar-refractivity contribution in [3.63, 3.8) is 0 Å². The number of rotatable bonds is 4. The molecule has 9 heteroatoms. The SMILES string of the molecule is COc1ccc(N(C(=O)O)c2cnc(-n3cccn3)[nH]c2=O)cc1. The van der Waals surface area contributed by atoms with E-state index >= 15 is 0 Å². The second-order valence-corrected chi connectivity index (χ2v) is 4.69. The first-order valence-corrected chi connectivity index (χ1v) is 6.86. The van der Waals surface area contributed by atoms with E-state index in [0.717, 1.165) is 4.90 Å². The molecule has 2 N–H and O–H groups in total. The van der Waals surface area contributed by atoms with Crippen molar-refractivity contribution < 1.29 is 14.6 Å². The van der Waals surface area contributed by atoms with Crippen molar-refractivity contribution in [1.29, 1.82) is 0 Å². The molecule has 2 heterocycles. The van der Waals surface area contributed by atoms with Crippen molar-refractivity contribution in [3.8, 4) is 11.7 Å². The predicted molar refractivity (Wildman–Crippen MR) is 85.1 cm³/mol. The van der Waals surface area contributed by atoms with Crippen LogP contribution in [0.5, 0.6) is 5.75 Å². The Hall–Kier alpha value is -3.62. The van der Waals surface area contributed by atoms with E-state index in [1.54, 1.807) is 24.4 Å². The number of methoxy groups -OCH3 is 1. The number of anilines is 2. The number of aromatic amines is 1. The summed E-state index contributed by atoms with van der Waals surface area (Å²) in [6.07, 6.45) is 3.03. The molecule has 0 aliphatic carbocycles. The maximum atomic E-state index is 12.3. The smallest absolute Gasteiger partial charge is 0.416 e. The van der Waals surface area contributed by atoms with Gasteiger partial charge < -0.3 is 9.84 Å². The number of nitrogens with zero attached hydrogens (tertiary/aromatic N) is 4. The van der Waals surface area contributed by atoms with Crippen LogP contribution in [0.25, 0.3) is 5.95 Å². The van der Waals surface area contributed by atoms with E-state index in [4.69, 9.17) is 4.74 Å². The van der Waals surface area contributed by atoms with Gasteiger partial charge in [0, 0.05) is 12.4 Å². The molecule has 0 unspecified atom stereocenters. The third kappa shape index (κ3) is 2.82. The Morgan fingerprint density at radius 3 is 2.62 bits per heavy atom. The number of amides is 1. The summed E-state index contributed by atoms with van der Waals surface area (Å²) < 4.78 is 6.40. The van der Waals surface area contributed by atoms with Gasteiger partial charge in [0.2, 0.25) is 5.95 Å². The first-order chi connectivity index (χ1) is 11.6. The van der Waals surface area contributed by atoms with Gasteiger partial charge in [-0.3, -0.25) is 9.78 Å². The standard InChI is InChI=1S/C15H13N5O4/c1-24-11-5-3-10(4-6-11)20(15(22)23)12-9-16-14(18-13(12)21)19-8-2-7-17-19/h2-9H,1H3,(H,22,23)(H,16,18,21). The van der Waals surface area contributed by atoms with Crippen LogP contribution in [-0.4, -0.2) is 38.1 Å². The fraction of sp³-hybridized carbons (Fsp3) is 0.0667. The first kappa shape index (κ1) is 15.3. The minimum Gasteiger partial charge on any atom is -0.497 e. The zero-order valence-electron chi connectivity index (χ0n) is 12.6. The Balaban J connectivity index is 2.02. The quantitative estimate of drug-likeness (QED) is 0.755. The number of aromatic nitrogens is 4. The van der Waals surface area contributed by atoms with Gasteiger partial charge in [-0.1, -0.05) is 0 Å². The van der Waals surface area contributed by atoms with Crippen LogP contribution in [0.3, 0.4) is 0 Å². The molecule has 24 heavy (non-hydrogen) atoms.